The SMILES string of the molecule is C=Cn1cc(CN[C@H](C)C2CCCCC2)cn1. The molecule has 0 unspecified atom stereocenters. The molecule has 3 heteroatoms. The van der Waals surface area contributed by atoms with Crippen LogP contribution in [0.25, 0.3) is 6.20 Å². The summed E-state index contributed by atoms with van der Waals surface area (Å²) >= 11 is 0. The highest BCUT2D eigenvalue weighted by Crippen LogP contribution is 2.26. The van der Waals surface area contributed by atoms with Gasteiger partial charge >= 0.3 is 0 Å². The number of nitrogens with zero attached hydrogens (tertiary/aromatic N) is 2. The lowest BCUT2D eigenvalue weighted by molar-refractivity contribution is 0.280. The maximum atomic E-state index is 4.18. The zero-order chi connectivity index (χ0) is 12.1. The minimum atomic E-state index is 0.613. The Balaban J connectivity index is 1.78. The van der Waals surface area contributed by atoms with Crippen LogP contribution in [0, 0.1) is 5.92 Å². The van der Waals surface area contributed by atoms with Crippen molar-refractivity contribution in [3.05, 3.63) is 24.5 Å². The molecule has 17 heavy (non-hydrogen) atoms. The molecule has 0 amide bonds. The first kappa shape index (κ1) is 12.4. The van der Waals surface area contributed by atoms with Gasteiger partial charge in [0.05, 0.1) is 6.20 Å². The first-order chi connectivity index (χ1) is 8.29. The molecule has 0 spiro atoms. The van der Waals surface area contributed by atoms with Crippen LogP contribution in [0.2, 0.25) is 0 Å². The van der Waals surface area contributed by atoms with Gasteiger partial charge in [-0.1, -0.05) is 25.8 Å². The molecule has 1 atom stereocenters. The van der Waals surface area contributed by atoms with E-state index in [2.05, 4.69) is 23.9 Å². The number of hydrogen-bond acceptors (Lipinski definition) is 2. The topological polar surface area (TPSA) is 29.9 Å². The average molecular weight is 233 g/mol. The third-order valence-electron chi connectivity index (χ3n) is 3.83. The number of hydrogen-bond donors (Lipinski definition) is 1. The van der Waals surface area contributed by atoms with Crippen LogP contribution in [0.15, 0.2) is 19.0 Å². The van der Waals surface area contributed by atoms with Gasteiger partial charge in [-0.3, -0.25) is 0 Å². The summed E-state index contributed by atoms with van der Waals surface area (Å²) in [4.78, 5) is 0. The van der Waals surface area contributed by atoms with E-state index in [-0.39, 0.29) is 0 Å². The molecule has 1 fully saturated rings. The molecule has 1 aliphatic carbocycles. The van der Waals surface area contributed by atoms with Gasteiger partial charge in [0.1, 0.15) is 0 Å². The van der Waals surface area contributed by atoms with Gasteiger partial charge in [0, 0.05) is 30.5 Å². The van der Waals surface area contributed by atoms with Crippen molar-refractivity contribution in [3.63, 3.8) is 0 Å². The van der Waals surface area contributed by atoms with Crippen LogP contribution < -0.4 is 5.32 Å². The Morgan fingerprint density at radius 1 is 1.53 bits per heavy atom. The minimum Gasteiger partial charge on any atom is -0.310 e. The lowest BCUT2D eigenvalue weighted by Crippen LogP contribution is -2.34. The molecule has 1 aliphatic rings. The second-order valence-corrected chi connectivity index (χ2v) is 5.08. The molecule has 0 saturated heterocycles. The molecule has 1 saturated carbocycles. The first-order valence-electron chi connectivity index (χ1n) is 6.68. The van der Waals surface area contributed by atoms with Crippen molar-refractivity contribution in [1.82, 2.24) is 15.1 Å². The molecule has 1 heterocycles. The Bertz CT molecular complexity index is 350. The van der Waals surface area contributed by atoms with Gasteiger partial charge in [0.2, 0.25) is 0 Å². The summed E-state index contributed by atoms with van der Waals surface area (Å²) in [5.41, 5.74) is 1.23. The van der Waals surface area contributed by atoms with E-state index >= 15 is 0 Å². The molecule has 0 aromatic carbocycles. The first-order valence-corrected chi connectivity index (χ1v) is 6.68. The highest BCUT2D eigenvalue weighted by molar-refractivity contribution is 5.17. The van der Waals surface area contributed by atoms with Gasteiger partial charge in [-0.2, -0.15) is 5.10 Å². The highest BCUT2D eigenvalue weighted by atomic mass is 15.2. The Morgan fingerprint density at radius 3 is 2.94 bits per heavy atom. The fraction of sp³-hybridized carbons (Fsp3) is 0.643. The van der Waals surface area contributed by atoms with Crippen LogP contribution in [0.1, 0.15) is 44.6 Å². The summed E-state index contributed by atoms with van der Waals surface area (Å²) in [7, 11) is 0. The largest absolute Gasteiger partial charge is 0.310 e. The van der Waals surface area contributed by atoms with E-state index < -0.39 is 0 Å². The van der Waals surface area contributed by atoms with E-state index in [1.807, 2.05) is 12.4 Å². The normalized spacial score (nSPS) is 19.1. The van der Waals surface area contributed by atoms with Gasteiger partial charge in [-0.15, -0.1) is 0 Å². The molecule has 1 aromatic rings. The second-order valence-electron chi connectivity index (χ2n) is 5.08. The summed E-state index contributed by atoms with van der Waals surface area (Å²) in [6.45, 7) is 6.91. The fourth-order valence-electron chi connectivity index (χ4n) is 2.65. The van der Waals surface area contributed by atoms with Gasteiger partial charge in [-0.05, 0) is 25.7 Å². The zero-order valence-electron chi connectivity index (χ0n) is 10.7. The Hall–Kier alpha value is -1.09. The van der Waals surface area contributed by atoms with E-state index in [4.69, 9.17) is 0 Å². The molecule has 1 N–H and O–H groups in total. The molecule has 0 aliphatic heterocycles. The van der Waals surface area contributed by atoms with Crippen molar-refractivity contribution in [2.45, 2.75) is 51.6 Å². The lowest BCUT2D eigenvalue weighted by Gasteiger charge is -2.28. The molecular weight excluding hydrogens is 210 g/mol. The standard InChI is InChI=1S/C14H23N3/c1-3-17-11-13(10-16-17)9-15-12(2)14-7-5-4-6-8-14/h3,10-12,14-15H,1,4-9H2,2H3/t12-/m1/s1. The van der Waals surface area contributed by atoms with Crippen molar-refractivity contribution in [2.75, 3.05) is 0 Å². The molecule has 94 valence electrons. The van der Waals surface area contributed by atoms with E-state index in [1.54, 1.807) is 10.9 Å². The summed E-state index contributed by atoms with van der Waals surface area (Å²) in [5.74, 6) is 0.859. The molecular formula is C14H23N3. The van der Waals surface area contributed by atoms with Crippen molar-refractivity contribution < 1.29 is 0 Å². The lowest BCUT2D eigenvalue weighted by atomic mass is 9.84. The fourth-order valence-corrected chi connectivity index (χ4v) is 2.65. The van der Waals surface area contributed by atoms with Crippen LogP contribution in [-0.2, 0) is 6.54 Å². The number of aromatic nitrogens is 2. The predicted molar refractivity (Wildman–Crippen MR) is 71.5 cm³/mol. The average Bonchev–Trinajstić information content (AvgIpc) is 2.85. The van der Waals surface area contributed by atoms with Gasteiger partial charge in [-0.25, -0.2) is 4.68 Å². The summed E-state index contributed by atoms with van der Waals surface area (Å²) in [6.07, 6.45) is 12.7. The van der Waals surface area contributed by atoms with Crippen LogP contribution in [-0.4, -0.2) is 15.8 Å². The van der Waals surface area contributed by atoms with Crippen molar-refractivity contribution in [3.8, 4) is 0 Å². The number of nitrogens with one attached hydrogen (secondary N) is 1. The van der Waals surface area contributed by atoms with E-state index in [0.29, 0.717) is 6.04 Å². The predicted octanol–water partition coefficient (Wildman–Crippen LogP) is 3.04. The maximum absolute atomic E-state index is 4.18. The monoisotopic (exact) mass is 233 g/mol. The van der Waals surface area contributed by atoms with Gasteiger partial charge < -0.3 is 5.32 Å². The maximum Gasteiger partial charge on any atom is 0.0538 e. The minimum absolute atomic E-state index is 0.613. The van der Waals surface area contributed by atoms with Crippen LogP contribution >= 0.6 is 0 Å². The summed E-state index contributed by atoms with van der Waals surface area (Å²) in [6, 6.07) is 0.613. The van der Waals surface area contributed by atoms with Gasteiger partial charge in [0.25, 0.3) is 0 Å². The van der Waals surface area contributed by atoms with E-state index in [9.17, 15) is 0 Å². The Kier molecular flexibility index (Phi) is 4.37. The van der Waals surface area contributed by atoms with Gasteiger partial charge in [0.15, 0.2) is 0 Å². The van der Waals surface area contributed by atoms with Crippen LogP contribution in [0.3, 0.4) is 0 Å². The van der Waals surface area contributed by atoms with Crippen molar-refractivity contribution >= 4 is 6.20 Å². The molecule has 1 aromatic heterocycles. The highest BCUT2D eigenvalue weighted by Gasteiger charge is 2.19. The van der Waals surface area contributed by atoms with Crippen LogP contribution in [0.4, 0.5) is 0 Å². The molecule has 0 radical (unpaired) electrons. The zero-order valence-corrected chi connectivity index (χ0v) is 10.7. The van der Waals surface area contributed by atoms with Crippen molar-refractivity contribution in [2.24, 2.45) is 5.92 Å². The van der Waals surface area contributed by atoms with Crippen molar-refractivity contribution in [1.29, 1.82) is 0 Å². The molecule has 0 bridgehead atoms. The summed E-state index contributed by atoms with van der Waals surface area (Å²) < 4.78 is 1.75. The van der Waals surface area contributed by atoms with E-state index in [1.165, 1.54) is 37.7 Å². The Morgan fingerprint density at radius 2 is 2.29 bits per heavy atom. The third-order valence-corrected chi connectivity index (χ3v) is 3.83. The third kappa shape index (κ3) is 3.43. The molecule has 3 nitrogen and oxygen atoms in total. The smallest absolute Gasteiger partial charge is 0.0538 e. The quantitative estimate of drug-likeness (QED) is 0.847. The Labute approximate surface area is 104 Å². The second kappa shape index (κ2) is 6.01. The van der Waals surface area contributed by atoms with E-state index in [0.717, 1.165) is 12.5 Å². The summed E-state index contributed by atoms with van der Waals surface area (Å²) in [5, 5.41) is 7.80. The number of rotatable bonds is 5. The van der Waals surface area contributed by atoms with Crippen LogP contribution in [0.5, 0.6) is 0 Å². The molecule has 2 rings (SSSR count).